The van der Waals surface area contributed by atoms with E-state index in [1.807, 2.05) is 0 Å². The van der Waals surface area contributed by atoms with Crippen molar-refractivity contribution < 1.29 is 27.5 Å². The Balaban J connectivity index is 2.11. The van der Waals surface area contributed by atoms with Crippen LogP contribution in [0.25, 0.3) is 0 Å². The van der Waals surface area contributed by atoms with Crippen LogP contribution in [-0.2, 0) is 6.18 Å². The van der Waals surface area contributed by atoms with Crippen molar-refractivity contribution in [3.63, 3.8) is 0 Å². The Morgan fingerprint density at radius 2 is 1.93 bits per heavy atom. The van der Waals surface area contributed by atoms with Crippen LogP contribution in [0, 0.1) is 0 Å². The van der Waals surface area contributed by atoms with E-state index in [-0.39, 0.29) is 33.3 Å². The molecule has 6 nitrogen and oxygen atoms in total. The van der Waals surface area contributed by atoms with Gasteiger partial charge >= 0.3 is 6.18 Å². The highest BCUT2D eigenvalue weighted by molar-refractivity contribution is 8.03. The van der Waals surface area contributed by atoms with Crippen molar-refractivity contribution in [2.45, 2.75) is 6.18 Å². The van der Waals surface area contributed by atoms with E-state index in [4.69, 9.17) is 4.74 Å². The largest absolute Gasteiger partial charge is 0.495 e. The predicted octanol–water partition coefficient (Wildman–Crippen LogP) is 3.57. The number of allylic oxidation sites excluding steroid dienone is 2. The van der Waals surface area contributed by atoms with E-state index in [9.17, 15) is 22.8 Å². The van der Waals surface area contributed by atoms with E-state index in [1.165, 1.54) is 13.3 Å². The summed E-state index contributed by atoms with van der Waals surface area (Å²) in [5, 5.41) is 2.64. The lowest BCUT2D eigenvalue weighted by Gasteiger charge is -2.21. The maximum Gasteiger partial charge on any atom is 0.416 e. The van der Waals surface area contributed by atoms with E-state index in [2.05, 4.69) is 15.3 Å². The molecule has 0 unspecified atom stereocenters. The summed E-state index contributed by atoms with van der Waals surface area (Å²) in [4.78, 5) is 33.0. The molecule has 1 aromatic heterocycles. The van der Waals surface area contributed by atoms with Crippen LogP contribution in [0.2, 0.25) is 0 Å². The second-order valence-electron chi connectivity index (χ2n) is 5.39. The van der Waals surface area contributed by atoms with Crippen molar-refractivity contribution in [1.82, 2.24) is 9.97 Å². The fourth-order valence-corrected chi connectivity index (χ4v) is 3.19. The van der Waals surface area contributed by atoms with Gasteiger partial charge in [0.1, 0.15) is 23.5 Å². The SMILES string of the molecule is COc1ccc(C(F)(F)F)cc1NC1=C(SC)C(=O)c2ncncc2C1=O. The number of methoxy groups -OCH3 is 1. The molecule has 1 aromatic carbocycles. The lowest BCUT2D eigenvalue weighted by Crippen LogP contribution is -2.26. The van der Waals surface area contributed by atoms with Gasteiger partial charge in [-0.2, -0.15) is 13.2 Å². The van der Waals surface area contributed by atoms with E-state index < -0.39 is 23.3 Å². The molecule has 10 heteroatoms. The Morgan fingerprint density at radius 3 is 2.56 bits per heavy atom. The number of carbonyl (C=O) groups is 2. The molecule has 0 radical (unpaired) electrons. The number of nitrogens with one attached hydrogen (secondary N) is 1. The van der Waals surface area contributed by atoms with Gasteiger partial charge in [-0.15, -0.1) is 11.8 Å². The number of hydrogen-bond acceptors (Lipinski definition) is 7. The molecule has 1 aliphatic rings. The van der Waals surface area contributed by atoms with Gasteiger partial charge in [-0.25, -0.2) is 9.97 Å². The van der Waals surface area contributed by atoms with Gasteiger partial charge in [0.25, 0.3) is 0 Å². The summed E-state index contributed by atoms with van der Waals surface area (Å²) >= 11 is 0.995. The minimum atomic E-state index is -4.58. The van der Waals surface area contributed by atoms with Gasteiger partial charge in [-0.1, -0.05) is 0 Å². The molecule has 0 aliphatic heterocycles. The van der Waals surface area contributed by atoms with Gasteiger partial charge in [-0.3, -0.25) is 9.59 Å². The number of ketones is 2. The number of rotatable bonds is 4. The molecule has 0 fully saturated rings. The average Bonchev–Trinajstić information content (AvgIpc) is 2.65. The van der Waals surface area contributed by atoms with Crippen LogP contribution in [0.5, 0.6) is 5.75 Å². The zero-order valence-corrected chi connectivity index (χ0v) is 14.9. The number of anilines is 1. The van der Waals surface area contributed by atoms with E-state index in [1.54, 1.807) is 6.26 Å². The highest BCUT2D eigenvalue weighted by Gasteiger charge is 2.35. The van der Waals surface area contributed by atoms with Crippen LogP contribution in [0.1, 0.15) is 26.4 Å². The first-order valence-corrected chi connectivity index (χ1v) is 8.70. The summed E-state index contributed by atoms with van der Waals surface area (Å²) in [7, 11) is 1.29. The highest BCUT2D eigenvalue weighted by Crippen LogP contribution is 2.37. The molecule has 0 saturated carbocycles. The average molecular weight is 395 g/mol. The number of thioether (sulfide) groups is 1. The van der Waals surface area contributed by atoms with Gasteiger partial charge < -0.3 is 10.1 Å². The van der Waals surface area contributed by atoms with Crippen LogP contribution in [-0.4, -0.2) is 34.9 Å². The maximum atomic E-state index is 13.0. The molecule has 1 N–H and O–H groups in total. The first kappa shape index (κ1) is 18.9. The van der Waals surface area contributed by atoms with Crippen molar-refractivity contribution in [1.29, 1.82) is 0 Å². The zero-order valence-electron chi connectivity index (χ0n) is 14.0. The minimum Gasteiger partial charge on any atom is -0.495 e. The van der Waals surface area contributed by atoms with Gasteiger partial charge in [0.15, 0.2) is 0 Å². The molecule has 27 heavy (non-hydrogen) atoms. The Bertz CT molecular complexity index is 973. The summed E-state index contributed by atoms with van der Waals surface area (Å²) < 4.78 is 44.2. The van der Waals surface area contributed by atoms with E-state index >= 15 is 0 Å². The van der Waals surface area contributed by atoms with Crippen molar-refractivity contribution in [3.8, 4) is 5.75 Å². The normalized spacial score (nSPS) is 14.3. The van der Waals surface area contributed by atoms with E-state index in [0.717, 1.165) is 36.3 Å². The van der Waals surface area contributed by atoms with Crippen molar-refractivity contribution in [3.05, 3.63) is 58.1 Å². The monoisotopic (exact) mass is 395 g/mol. The Hall–Kier alpha value is -2.88. The summed E-state index contributed by atoms with van der Waals surface area (Å²) in [5.41, 5.74) is -1.21. The molecule has 3 rings (SSSR count). The van der Waals surface area contributed by atoms with Gasteiger partial charge in [0.2, 0.25) is 11.6 Å². The van der Waals surface area contributed by atoms with Crippen molar-refractivity contribution in [2.24, 2.45) is 0 Å². The minimum absolute atomic E-state index is 0.0197. The zero-order chi connectivity index (χ0) is 19.8. The van der Waals surface area contributed by atoms with Crippen LogP contribution in [0.15, 0.2) is 41.3 Å². The topological polar surface area (TPSA) is 81.2 Å². The molecule has 2 aromatic rings. The molecule has 1 heterocycles. The van der Waals surface area contributed by atoms with Crippen LogP contribution in [0.3, 0.4) is 0 Å². The second kappa shape index (κ2) is 7.03. The number of Topliss-reactive ketones (excluding diaryl/α,β-unsaturated/α-hetero) is 2. The lowest BCUT2D eigenvalue weighted by atomic mass is 9.98. The smallest absolute Gasteiger partial charge is 0.416 e. The van der Waals surface area contributed by atoms with Crippen LogP contribution >= 0.6 is 11.8 Å². The van der Waals surface area contributed by atoms with Gasteiger partial charge in [0.05, 0.1) is 28.8 Å². The number of halogens is 3. The molecule has 1 aliphatic carbocycles. The number of ether oxygens (including phenoxy) is 1. The molecule has 0 atom stereocenters. The molecular weight excluding hydrogens is 383 g/mol. The number of alkyl halides is 3. The molecule has 0 bridgehead atoms. The summed E-state index contributed by atoms with van der Waals surface area (Å²) in [6.45, 7) is 0. The number of carbonyl (C=O) groups excluding carboxylic acids is 2. The summed E-state index contributed by atoms with van der Waals surface area (Å²) in [6.07, 6.45) is -0.648. The number of benzene rings is 1. The number of nitrogens with zero attached hydrogens (tertiary/aromatic N) is 2. The Kier molecular flexibility index (Phi) is 4.92. The van der Waals surface area contributed by atoms with Crippen LogP contribution < -0.4 is 10.1 Å². The summed E-state index contributed by atoms with van der Waals surface area (Å²) in [5.74, 6) is -1.01. The van der Waals surface area contributed by atoms with Gasteiger partial charge in [-0.05, 0) is 24.5 Å². The fourth-order valence-electron chi connectivity index (χ4n) is 2.56. The summed E-state index contributed by atoms with van der Waals surface area (Å²) in [6, 6.07) is 2.82. The molecule has 0 spiro atoms. The third-order valence-electron chi connectivity index (χ3n) is 3.82. The first-order valence-electron chi connectivity index (χ1n) is 7.47. The van der Waals surface area contributed by atoms with Crippen molar-refractivity contribution >= 4 is 29.0 Å². The van der Waals surface area contributed by atoms with Crippen LogP contribution in [0.4, 0.5) is 18.9 Å². The standard InChI is InChI=1S/C17H12F3N3O3S/c1-26-11-4-3-8(17(18,19)20)5-10(11)23-13-14(24)9-6-21-7-22-12(9)15(25)16(13)27-2/h3-7,23H,1-2H3. The second-order valence-corrected chi connectivity index (χ2v) is 6.21. The fraction of sp³-hybridized carbons (Fsp3) is 0.176. The quantitative estimate of drug-likeness (QED) is 0.848. The van der Waals surface area contributed by atoms with Gasteiger partial charge in [0, 0.05) is 6.20 Å². The number of fused-ring (bicyclic) bond motifs is 1. The lowest BCUT2D eigenvalue weighted by molar-refractivity contribution is -0.137. The first-order chi connectivity index (χ1) is 12.8. The molecule has 0 saturated heterocycles. The number of aromatic nitrogens is 2. The Morgan fingerprint density at radius 1 is 1.19 bits per heavy atom. The maximum absolute atomic E-state index is 13.0. The predicted molar refractivity (Wildman–Crippen MR) is 92.9 cm³/mol. The molecular formula is C17H12F3N3O3S. The number of hydrogen-bond donors (Lipinski definition) is 1. The van der Waals surface area contributed by atoms with Crippen molar-refractivity contribution in [2.75, 3.05) is 18.7 Å². The molecule has 0 amide bonds. The third kappa shape index (κ3) is 3.39. The Labute approximate surface area is 155 Å². The third-order valence-corrected chi connectivity index (χ3v) is 4.62. The van der Waals surface area contributed by atoms with E-state index in [0.29, 0.717) is 0 Å². The molecule has 140 valence electrons. The highest BCUT2D eigenvalue weighted by atomic mass is 32.2.